The van der Waals surface area contributed by atoms with Crippen molar-refractivity contribution >= 4 is 21.0 Å². The van der Waals surface area contributed by atoms with Crippen molar-refractivity contribution in [3.05, 3.63) is 95.7 Å². The monoisotopic (exact) mass is 496 g/mol. The number of nitrogens with zero attached hydrogens (tertiary/aromatic N) is 2. The molecule has 0 N–H and O–H groups in total. The minimum absolute atomic E-state index is 0.0202. The van der Waals surface area contributed by atoms with Crippen LogP contribution in [0.25, 0.3) is 10.9 Å². The first-order valence-electron chi connectivity index (χ1n) is 11.6. The molecule has 5 nitrogen and oxygen atoms in total. The fraction of sp³-hybridized carbons (Fsp3) is 0.259. The first kappa shape index (κ1) is 23.5. The van der Waals surface area contributed by atoms with Crippen molar-refractivity contribution in [2.45, 2.75) is 30.2 Å². The Kier molecular flexibility index (Phi) is 6.34. The van der Waals surface area contributed by atoms with Gasteiger partial charge in [-0.2, -0.15) is 8.42 Å². The van der Waals surface area contributed by atoms with E-state index >= 15 is 0 Å². The molecule has 1 fully saturated rings. The van der Waals surface area contributed by atoms with Crippen LogP contribution in [0.2, 0.25) is 0 Å². The summed E-state index contributed by atoms with van der Waals surface area (Å²) in [6.45, 7) is 2.63. The van der Waals surface area contributed by atoms with E-state index in [0.717, 1.165) is 66.2 Å². The van der Waals surface area contributed by atoms with Gasteiger partial charge in [-0.05, 0) is 80.4 Å². The van der Waals surface area contributed by atoms with Gasteiger partial charge in [0.1, 0.15) is 17.4 Å². The van der Waals surface area contributed by atoms with Gasteiger partial charge in [0.05, 0.1) is 0 Å². The maximum absolute atomic E-state index is 14.1. The zero-order valence-corrected chi connectivity index (χ0v) is 20.1. The predicted molar refractivity (Wildman–Crippen MR) is 131 cm³/mol. The summed E-state index contributed by atoms with van der Waals surface area (Å²) in [5, 5.41) is 0.886. The average molecular weight is 497 g/mol. The summed E-state index contributed by atoms with van der Waals surface area (Å²) >= 11 is 0. The largest absolute Gasteiger partial charge is 0.379 e. The lowest BCUT2D eigenvalue weighted by molar-refractivity contribution is 0.256. The summed E-state index contributed by atoms with van der Waals surface area (Å²) in [5.41, 5.74) is 3.23. The Balaban J connectivity index is 1.55. The highest BCUT2D eigenvalue weighted by molar-refractivity contribution is 7.87. The maximum Gasteiger partial charge on any atom is 0.345 e. The van der Waals surface area contributed by atoms with Crippen LogP contribution in [0.1, 0.15) is 29.9 Å². The molecule has 182 valence electrons. The highest BCUT2D eigenvalue weighted by Crippen LogP contribution is 2.37. The molecule has 2 heterocycles. The van der Waals surface area contributed by atoms with Crippen LogP contribution < -0.4 is 4.18 Å². The third kappa shape index (κ3) is 4.81. The van der Waals surface area contributed by atoms with Crippen molar-refractivity contribution in [1.82, 2.24) is 9.47 Å². The smallest absolute Gasteiger partial charge is 0.345 e. The molecule has 0 bridgehead atoms. The second kappa shape index (κ2) is 9.43. The predicted octanol–water partition coefficient (Wildman–Crippen LogP) is 5.54. The summed E-state index contributed by atoms with van der Waals surface area (Å²) in [6.07, 6.45) is 4.12. The Morgan fingerprint density at radius 1 is 0.943 bits per heavy atom. The lowest BCUT2D eigenvalue weighted by atomic mass is 9.89. The first-order valence-corrected chi connectivity index (χ1v) is 13.0. The zero-order valence-electron chi connectivity index (χ0n) is 19.3. The van der Waals surface area contributed by atoms with Crippen LogP contribution in [-0.4, -0.2) is 38.0 Å². The summed E-state index contributed by atoms with van der Waals surface area (Å²) in [4.78, 5) is 1.21. The van der Waals surface area contributed by atoms with E-state index in [0.29, 0.717) is 12.5 Å². The van der Waals surface area contributed by atoms with Crippen LogP contribution in [0.15, 0.2) is 77.8 Å². The van der Waals surface area contributed by atoms with Gasteiger partial charge in [-0.15, -0.1) is 0 Å². The molecule has 0 aliphatic carbocycles. The van der Waals surface area contributed by atoms with Crippen molar-refractivity contribution in [2.24, 2.45) is 0 Å². The molecule has 0 spiro atoms. The molecule has 1 aromatic heterocycles. The fourth-order valence-corrected chi connectivity index (χ4v) is 5.86. The minimum atomic E-state index is -4.69. The van der Waals surface area contributed by atoms with E-state index in [4.69, 9.17) is 4.18 Å². The van der Waals surface area contributed by atoms with Gasteiger partial charge in [0.2, 0.25) is 0 Å². The Morgan fingerprint density at radius 2 is 1.63 bits per heavy atom. The first-order chi connectivity index (χ1) is 16.8. The van der Waals surface area contributed by atoms with E-state index in [1.807, 2.05) is 18.2 Å². The highest BCUT2D eigenvalue weighted by Gasteiger charge is 2.27. The van der Waals surface area contributed by atoms with Gasteiger partial charge in [0.25, 0.3) is 0 Å². The number of piperidine rings is 1. The molecule has 8 heteroatoms. The van der Waals surface area contributed by atoms with Crippen LogP contribution in [0.4, 0.5) is 8.78 Å². The van der Waals surface area contributed by atoms with Gasteiger partial charge < -0.3 is 13.7 Å². The molecule has 4 aromatic rings. The van der Waals surface area contributed by atoms with Crippen molar-refractivity contribution in [3.8, 4) is 5.75 Å². The normalized spacial score (nSPS) is 15.5. The van der Waals surface area contributed by atoms with Crippen LogP contribution in [0, 0.1) is 11.6 Å². The second-order valence-electron chi connectivity index (χ2n) is 9.04. The van der Waals surface area contributed by atoms with Gasteiger partial charge >= 0.3 is 10.1 Å². The molecule has 3 aromatic carbocycles. The number of benzene rings is 3. The Bertz CT molecular complexity index is 1440. The molecule has 0 radical (unpaired) electrons. The van der Waals surface area contributed by atoms with E-state index in [1.165, 1.54) is 6.07 Å². The molecule has 0 atom stereocenters. The molecule has 0 saturated carbocycles. The molecule has 5 rings (SSSR count). The fourth-order valence-electron chi connectivity index (χ4n) is 4.80. The third-order valence-electron chi connectivity index (χ3n) is 6.61. The van der Waals surface area contributed by atoms with E-state index in [-0.39, 0.29) is 5.75 Å². The molecular formula is C27H26F2N2O3S. The zero-order chi connectivity index (χ0) is 24.6. The lowest BCUT2D eigenvalue weighted by Gasteiger charge is -2.28. The summed E-state index contributed by atoms with van der Waals surface area (Å²) in [6, 6.07) is 18.0. The van der Waals surface area contributed by atoms with E-state index in [1.54, 1.807) is 12.1 Å². The van der Waals surface area contributed by atoms with E-state index < -0.39 is 26.6 Å². The number of rotatable bonds is 6. The third-order valence-corrected chi connectivity index (χ3v) is 7.91. The Morgan fingerprint density at radius 3 is 2.31 bits per heavy atom. The molecule has 1 saturated heterocycles. The van der Waals surface area contributed by atoms with Gasteiger partial charge in [0, 0.05) is 23.6 Å². The Labute approximate surface area is 203 Å². The average Bonchev–Trinajstić information content (AvgIpc) is 3.17. The van der Waals surface area contributed by atoms with Crippen LogP contribution in [0.5, 0.6) is 5.75 Å². The highest BCUT2D eigenvalue weighted by atomic mass is 32.2. The van der Waals surface area contributed by atoms with Crippen molar-refractivity contribution < 1.29 is 21.4 Å². The molecule has 1 aliphatic heterocycles. The van der Waals surface area contributed by atoms with Crippen LogP contribution in [-0.2, 0) is 16.7 Å². The van der Waals surface area contributed by atoms with E-state index in [9.17, 15) is 17.2 Å². The van der Waals surface area contributed by atoms with Crippen LogP contribution >= 0.6 is 0 Å². The summed E-state index contributed by atoms with van der Waals surface area (Å²) in [7, 11) is -2.59. The van der Waals surface area contributed by atoms with Crippen molar-refractivity contribution in [1.29, 1.82) is 0 Å². The quantitative estimate of drug-likeness (QED) is 0.329. The number of hydrogen-bond donors (Lipinski definition) is 0. The van der Waals surface area contributed by atoms with Crippen molar-refractivity contribution in [3.63, 3.8) is 0 Å². The lowest BCUT2D eigenvalue weighted by Crippen LogP contribution is -2.29. The molecular weight excluding hydrogens is 470 g/mol. The van der Waals surface area contributed by atoms with Gasteiger partial charge in [-0.3, -0.25) is 0 Å². The molecule has 1 aliphatic rings. The summed E-state index contributed by atoms with van der Waals surface area (Å²) in [5.74, 6) is -2.03. The molecule has 0 amide bonds. The number of aromatic nitrogens is 1. The van der Waals surface area contributed by atoms with Gasteiger partial charge in [0.15, 0.2) is 4.90 Å². The minimum Gasteiger partial charge on any atom is -0.379 e. The summed E-state index contributed by atoms with van der Waals surface area (Å²) < 4.78 is 61.1. The number of fused-ring (bicyclic) bond motifs is 1. The second-order valence-corrected chi connectivity index (χ2v) is 10.5. The number of halogens is 2. The van der Waals surface area contributed by atoms with Crippen LogP contribution in [0.3, 0.4) is 0 Å². The standard InChI is InChI=1S/C27H26F2N2O3S/c1-30-14-12-20(13-15-30)23-18-31(17-19-6-3-2-4-7-19)26-11-10-21(16-22(23)26)34-35(32,33)27-24(28)8-5-9-25(27)29/h2-11,16,18,20H,12-15,17H2,1H3. The van der Waals surface area contributed by atoms with Crippen molar-refractivity contribution in [2.75, 3.05) is 20.1 Å². The van der Waals surface area contributed by atoms with Gasteiger partial charge in [-0.1, -0.05) is 36.4 Å². The maximum atomic E-state index is 14.1. The number of likely N-dealkylation sites (tertiary alicyclic amines) is 1. The SMILES string of the molecule is CN1CCC(c2cn(Cc3ccccc3)c3ccc(OS(=O)(=O)c4c(F)cccc4F)cc23)CC1. The van der Waals surface area contributed by atoms with Gasteiger partial charge in [-0.25, -0.2) is 8.78 Å². The molecule has 0 unspecified atom stereocenters. The Hall–Kier alpha value is -3.23. The topological polar surface area (TPSA) is 51.5 Å². The number of hydrogen-bond acceptors (Lipinski definition) is 4. The van der Waals surface area contributed by atoms with E-state index in [2.05, 4.69) is 34.8 Å². The molecule has 35 heavy (non-hydrogen) atoms.